The molecule has 0 bridgehead atoms. The van der Waals surface area contributed by atoms with Gasteiger partial charge in [0.15, 0.2) is 6.61 Å². The largest absolute Gasteiger partial charge is 0.455 e. The average Bonchev–Trinajstić information content (AvgIpc) is 3.02. The van der Waals surface area contributed by atoms with Gasteiger partial charge in [0.2, 0.25) is 0 Å². The summed E-state index contributed by atoms with van der Waals surface area (Å²) in [6, 6.07) is 0. The van der Waals surface area contributed by atoms with Gasteiger partial charge in [-0.05, 0) is 38.2 Å². The number of nitrogens with one attached hydrogen (secondary N) is 1. The van der Waals surface area contributed by atoms with Gasteiger partial charge in [-0.15, -0.1) is 23.1 Å². The van der Waals surface area contributed by atoms with E-state index in [2.05, 4.69) is 9.97 Å². The molecule has 2 heterocycles. The molecule has 7 nitrogen and oxygen atoms in total. The number of H-pyrrole nitrogens is 1. The third kappa shape index (κ3) is 4.52. The van der Waals surface area contributed by atoms with Crippen LogP contribution in [-0.4, -0.2) is 52.7 Å². The lowest BCUT2D eigenvalue weighted by Gasteiger charge is -2.13. The fourth-order valence-electron chi connectivity index (χ4n) is 2.93. The molecular formula is C18H23N3O4S2. The van der Waals surface area contributed by atoms with E-state index in [-0.39, 0.29) is 18.1 Å². The number of thiophene rings is 1. The second-order valence-electron chi connectivity index (χ2n) is 6.75. The van der Waals surface area contributed by atoms with Crippen LogP contribution in [0.1, 0.15) is 36.0 Å². The van der Waals surface area contributed by atoms with E-state index in [0.717, 1.165) is 41.5 Å². The first kappa shape index (κ1) is 19.9. The Morgan fingerprint density at radius 1 is 1.33 bits per heavy atom. The van der Waals surface area contributed by atoms with E-state index in [9.17, 15) is 14.4 Å². The fourth-order valence-corrected chi connectivity index (χ4v) is 4.96. The molecule has 2 aromatic rings. The molecule has 1 amide bonds. The van der Waals surface area contributed by atoms with Crippen molar-refractivity contribution in [1.29, 1.82) is 0 Å². The third-order valence-corrected chi connectivity index (χ3v) is 6.83. The standard InChI is InChI=1S/C18H23N3O4S2/c1-10(18(24)25-8-14(22)21(2)3)26-9-13-19-16(23)15-11-6-4-5-7-12(11)27-17(15)20-13/h10H,4-9H2,1-3H3,(H,19,20,23)/t10-/m1/s1. The molecule has 27 heavy (non-hydrogen) atoms. The van der Waals surface area contributed by atoms with Crippen LogP contribution in [0, 0.1) is 0 Å². The van der Waals surface area contributed by atoms with E-state index in [1.54, 1.807) is 32.4 Å². The Hall–Kier alpha value is -1.87. The summed E-state index contributed by atoms with van der Waals surface area (Å²) in [5.41, 5.74) is 1.07. The zero-order valence-corrected chi connectivity index (χ0v) is 17.3. The smallest absolute Gasteiger partial charge is 0.319 e. The van der Waals surface area contributed by atoms with E-state index in [1.807, 2.05) is 0 Å². The number of nitrogens with zero attached hydrogens (tertiary/aromatic N) is 2. The predicted molar refractivity (Wildman–Crippen MR) is 107 cm³/mol. The number of likely N-dealkylation sites (N-methyl/N-ethyl adjacent to an activating group) is 1. The van der Waals surface area contributed by atoms with Crippen LogP contribution in [0.5, 0.6) is 0 Å². The number of hydrogen-bond acceptors (Lipinski definition) is 7. The Balaban J connectivity index is 1.64. The summed E-state index contributed by atoms with van der Waals surface area (Å²) in [6.07, 6.45) is 4.25. The van der Waals surface area contributed by atoms with E-state index in [4.69, 9.17) is 4.74 Å². The molecule has 2 aromatic heterocycles. The molecule has 0 saturated heterocycles. The molecule has 0 radical (unpaired) electrons. The molecule has 0 fully saturated rings. The van der Waals surface area contributed by atoms with Crippen LogP contribution >= 0.6 is 23.1 Å². The van der Waals surface area contributed by atoms with Crippen molar-refractivity contribution >= 4 is 45.2 Å². The molecule has 1 aliphatic carbocycles. The first-order chi connectivity index (χ1) is 12.9. The number of aromatic nitrogens is 2. The zero-order valence-electron chi connectivity index (χ0n) is 15.7. The van der Waals surface area contributed by atoms with Crippen molar-refractivity contribution < 1.29 is 14.3 Å². The number of ether oxygens (including phenoxy) is 1. The predicted octanol–water partition coefficient (Wildman–Crippen LogP) is 2.12. The summed E-state index contributed by atoms with van der Waals surface area (Å²) < 4.78 is 5.02. The maximum atomic E-state index is 12.5. The van der Waals surface area contributed by atoms with Crippen molar-refractivity contribution in [3.63, 3.8) is 0 Å². The van der Waals surface area contributed by atoms with Crippen LogP contribution in [0.3, 0.4) is 0 Å². The maximum Gasteiger partial charge on any atom is 0.319 e. The minimum absolute atomic E-state index is 0.0955. The van der Waals surface area contributed by atoms with E-state index >= 15 is 0 Å². The normalized spacial score (nSPS) is 14.6. The molecule has 0 unspecified atom stereocenters. The Morgan fingerprint density at radius 2 is 2.07 bits per heavy atom. The minimum Gasteiger partial charge on any atom is -0.455 e. The molecular weight excluding hydrogens is 386 g/mol. The first-order valence-corrected chi connectivity index (χ1v) is 10.7. The number of amides is 1. The van der Waals surface area contributed by atoms with Gasteiger partial charge in [0.1, 0.15) is 15.9 Å². The van der Waals surface area contributed by atoms with Gasteiger partial charge in [0, 0.05) is 19.0 Å². The quantitative estimate of drug-likeness (QED) is 0.735. The Labute approximate surface area is 165 Å². The van der Waals surface area contributed by atoms with Gasteiger partial charge in [0.25, 0.3) is 11.5 Å². The summed E-state index contributed by atoms with van der Waals surface area (Å²) >= 11 is 2.93. The highest BCUT2D eigenvalue weighted by molar-refractivity contribution is 7.99. The Kier molecular flexibility index (Phi) is 6.21. The van der Waals surface area contributed by atoms with Crippen molar-refractivity contribution in [2.75, 3.05) is 20.7 Å². The molecule has 0 aliphatic heterocycles. The SMILES string of the molecule is C[C@@H](SCc1nc2sc3c(c2c(=O)[nH]1)CCCC3)C(=O)OCC(=O)N(C)C. The van der Waals surface area contributed by atoms with Crippen LogP contribution in [0.15, 0.2) is 4.79 Å². The number of carbonyl (C=O) groups is 2. The van der Waals surface area contributed by atoms with Gasteiger partial charge >= 0.3 is 5.97 Å². The van der Waals surface area contributed by atoms with Crippen molar-refractivity contribution in [2.24, 2.45) is 0 Å². The number of esters is 1. The fraction of sp³-hybridized carbons (Fsp3) is 0.556. The van der Waals surface area contributed by atoms with Gasteiger partial charge in [-0.3, -0.25) is 14.4 Å². The average molecular weight is 410 g/mol. The number of hydrogen-bond donors (Lipinski definition) is 1. The summed E-state index contributed by atoms with van der Waals surface area (Å²) in [6.45, 7) is 1.45. The summed E-state index contributed by atoms with van der Waals surface area (Å²) in [5.74, 6) is 0.232. The van der Waals surface area contributed by atoms with Gasteiger partial charge in [-0.25, -0.2) is 4.98 Å². The van der Waals surface area contributed by atoms with Crippen molar-refractivity contribution in [1.82, 2.24) is 14.9 Å². The zero-order chi connectivity index (χ0) is 19.6. The highest BCUT2D eigenvalue weighted by Crippen LogP contribution is 2.33. The lowest BCUT2D eigenvalue weighted by molar-refractivity contribution is -0.150. The third-order valence-electron chi connectivity index (χ3n) is 4.51. The van der Waals surface area contributed by atoms with Crippen LogP contribution in [0.2, 0.25) is 0 Å². The number of aromatic amines is 1. The van der Waals surface area contributed by atoms with Crippen molar-refractivity contribution in [2.45, 2.75) is 43.6 Å². The first-order valence-electron chi connectivity index (χ1n) is 8.88. The Bertz CT molecular complexity index is 919. The van der Waals surface area contributed by atoms with Gasteiger partial charge in [-0.2, -0.15) is 0 Å². The van der Waals surface area contributed by atoms with Crippen LogP contribution in [0.25, 0.3) is 10.2 Å². The van der Waals surface area contributed by atoms with Crippen molar-refractivity contribution in [3.05, 3.63) is 26.6 Å². The molecule has 1 aliphatic rings. The number of aryl methyl sites for hydroxylation is 2. The van der Waals surface area contributed by atoms with E-state index < -0.39 is 11.2 Å². The topological polar surface area (TPSA) is 92.4 Å². The lowest BCUT2D eigenvalue weighted by atomic mass is 9.97. The highest BCUT2D eigenvalue weighted by Gasteiger charge is 2.21. The second kappa shape index (κ2) is 8.43. The monoisotopic (exact) mass is 409 g/mol. The van der Waals surface area contributed by atoms with Gasteiger partial charge in [-0.1, -0.05) is 0 Å². The molecule has 0 aromatic carbocycles. The number of carbonyl (C=O) groups excluding carboxylic acids is 2. The van der Waals surface area contributed by atoms with Crippen LogP contribution in [0.4, 0.5) is 0 Å². The number of thioether (sulfide) groups is 1. The number of rotatable bonds is 6. The van der Waals surface area contributed by atoms with E-state index in [1.165, 1.54) is 21.5 Å². The maximum absolute atomic E-state index is 12.5. The molecule has 146 valence electrons. The molecule has 3 rings (SSSR count). The number of fused-ring (bicyclic) bond motifs is 3. The molecule has 1 atom stereocenters. The lowest BCUT2D eigenvalue weighted by Crippen LogP contribution is -2.29. The summed E-state index contributed by atoms with van der Waals surface area (Å²) in [7, 11) is 3.21. The highest BCUT2D eigenvalue weighted by atomic mass is 32.2. The summed E-state index contributed by atoms with van der Waals surface area (Å²) in [5, 5.41) is 0.274. The van der Waals surface area contributed by atoms with Crippen LogP contribution in [-0.2, 0) is 32.9 Å². The van der Waals surface area contributed by atoms with Gasteiger partial charge in [0.05, 0.1) is 11.1 Å². The molecule has 0 spiro atoms. The van der Waals surface area contributed by atoms with Gasteiger partial charge < -0.3 is 14.6 Å². The second-order valence-corrected chi connectivity index (χ2v) is 9.17. The minimum atomic E-state index is -0.461. The molecule has 1 N–H and O–H groups in total. The Morgan fingerprint density at radius 3 is 2.81 bits per heavy atom. The summed E-state index contributed by atoms with van der Waals surface area (Å²) in [4.78, 5) is 46.9. The van der Waals surface area contributed by atoms with Crippen LogP contribution < -0.4 is 5.56 Å². The molecule has 9 heteroatoms. The van der Waals surface area contributed by atoms with E-state index in [0.29, 0.717) is 11.6 Å². The van der Waals surface area contributed by atoms with Crippen molar-refractivity contribution in [3.8, 4) is 0 Å². The molecule has 0 saturated carbocycles.